The maximum absolute atomic E-state index is 12.7. The minimum absolute atomic E-state index is 0.104. The van der Waals surface area contributed by atoms with E-state index in [1.54, 1.807) is 29.0 Å². The van der Waals surface area contributed by atoms with Gasteiger partial charge in [0.1, 0.15) is 5.75 Å². The highest BCUT2D eigenvalue weighted by molar-refractivity contribution is 5.93. The first-order valence-electron chi connectivity index (χ1n) is 9.69. The van der Waals surface area contributed by atoms with Gasteiger partial charge in [-0.3, -0.25) is 9.59 Å². The molecule has 0 bridgehead atoms. The number of aromatic nitrogens is 1. The van der Waals surface area contributed by atoms with Gasteiger partial charge in [0, 0.05) is 30.4 Å². The van der Waals surface area contributed by atoms with Gasteiger partial charge in [0.15, 0.2) is 6.61 Å². The Morgan fingerprint density at radius 2 is 1.93 bits per heavy atom. The summed E-state index contributed by atoms with van der Waals surface area (Å²) < 4.78 is 12.7. The van der Waals surface area contributed by atoms with E-state index < -0.39 is 0 Å². The smallest absolute Gasteiger partial charge is 0.262 e. The van der Waals surface area contributed by atoms with Crippen LogP contribution in [0.15, 0.2) is 53.5 Å². The third-order valence-electron chi connectivity index (χ3n) is 4.67. The van der Waals surface area contributed by atoms with E-state index in [0.29, 0.717) is 36.3 Å². The lowest BCUT2D eigenvalue weighted by atomic mass is 10.1. The predicted molar refractivity (Wildman–Crippen MR) is 115 cm³/mol. The highest BCUT2D eigenvalue weighted by Crippen LogP contribution is 2.23. The number of pyridine rings is 1. The first-order valence-corrected chi connectivity index (χ1v) is 9.69. The molecule has 3 rings (SSSR count). The molecule has 0 aliphatic carbocycles. The van der Waals surface area contributed by atoms with E-state index in [0.717, 1.165) is 16.8 Å². The number of benzene rings is 2. The zero-order valence-corrected chi connectivity index (χ0v) is 17.0. The molecule has 1 heterocycles. The molecule has 0 atom stereocenters. The van der Waals surface area contributed by atoms with Crippen molar-refractivity contribution in [2.45, 2.75) is 27.3 Å². The SMILES string of the molecule is CCOCCn1ccc2c(OCC(=O)Nc3ccc(C)cc3C)cccc2c1=O. The zero-order valence-electron chi connectivity index (χ0n) is 17.0. The van der Waals surface area contributed by atoms with Crippen LogP contribution in [-0.2, 0) is 16.1 Å². The number of aryl methyl sites for hydroxylation is 2. The topological polar surface area (TPSA) is 69.6 Å². The molecule has 0 aliphatic heterocycles. The van der Waals surface area contributed by atoms with Crippen LogP contribution in [-0.4, -0.2) is 30.3 Å². The van der Waals surface area contributed by atoms with Gasteiger partial charge >= 0.3 is 0 Å². The summed E-state index contributed by atoms with van der Waals surface area (Å²) >= 11 is 0. The molecule has 1 N–H and O–H groups in total. The summed E-state index contributed by atoms with van der Waals surface area (Å²) in [6, 6.07) is 13.0. The van der Waals surface area contributed by atoms with E-state index in [-0.39, 0.29) is 18.1 Å². The second-order valence-electron chi connectivity index (χ2n) is 6.88. The molecule has 0 saturated carbocycles. The number of anilines is 1. The van der Waals surface area contributed by atoms with Crippen molar-refractivity contribution in [2.75, 3.05) is 25.1 Å². The van der Waals surface area contributed by atoms with Gasteiger partial charge in [-0.25, -0.2) is 0 Å². The molecule has 0 unspecified atom stereocenters. The van der Waals surface area contributed by atoms with E-state index in [1.807, 2.05) is 45.0 Å². The lowest BCUT2D eigenvalue weighted by molar-refractivity contribution is -0.118. The molecular formula is C23H26N2O4. The molecule has 2 aromatic carbocycles. The van der Waals surface area contributed by atoms with E-state index in [4.69, 9.17) is 9.47 Å². The maximum atomic E-state index is 12.7. The van der Waals surface area contributed by atoms with Crippen molar-refractivity contribution in [3.05, 3.63) is 70.1 Å². The highest BCUT2D eigenvalue weighted by atomic mass is 16.5. The average Bonchev–Trinajstić information content (AvgIpc) is 2.70. The fourth-order valence-corrected chi connectivity index (χ4v) is 3.18. The Morgan fingerprint density at radius 1 is 1.10 bits per heavy atom. The molecule has 3 aromatic rings. The quantitative estimate of drug-likeness (QED) is 0.592. The summed E-state index contributed by atoms with van der Waals surface area (Å²) in [5.41, 5.74) is 2.79. The van der Waals surface area contributed by atoms with Crippen LogP contribution in [0.4, 0.5) is 5.69 Å². The number of fused-ring (bicyclic) bond motifs is 1. The van der Waals surface area contributed by atoms with Crippen molar-refractivity contribution >= 4 is 22.4 Å². The monoisotopic (exact) mass is 394 g/mol. The predicted octanol–water partition coefficient (Wildman–Crippen LogP) is 3.67. The molecule has 0 radical (unpaired) electrons. The van der Waals surface area contributed by atoms with Crippen molar-refractivity contribution in [3.8, 4) is 5.75 Å². The van der Waals surface area contributed by atoms with Crippen LogP contribution in [0.25, 0.3) is 10.8 Å². The zero-order chi connectivity index (χ0) is 20.8. The number of hydrogen-bond donors (Lipinski definition) is 1. The van der Waals surface area contributed by atoms with Crippen molar-refractivity contribution in [1.82, 2.24) is 4.57 Å². The van der Waals surface area contributed by atoms with E-state index >= 15 is 0 Å². The van der Waals surface area contributed by atoms with Crippen molar-refractivity contribution in [2.24, 2.45) is 0 Å². The van der Waals surface area contributed by atoms with E-state index in [1.165, 1.54) is 0 Å². The number of nitrogens with one attached hydrogen (secondary N) is 1. The minimum atomic E-state index is -0.251. The van der Waals surface area contributed by atoms with E-state index in [2.05, 4.69) is 5.32 Å². The van der Waals surface area contributed by atoms with Crippen LogP contribution in [0, 0.1) is 13.8 Å². The summed E-state index contributed by atoms with van der Waals surface area (Å²) in [6.07, 6.45) is 1.73. The Bertz CT molecular complexity index is 1070. The maximum Gasteiger partial charge on any atom is 0.262 e. The van der Waals surface area contributed by atoms with E-state index in [9.17, 15) is 9.59 Å². The van der Waals surface area contributed by atoms with Crippen LogP contribution in [0.3, 0.4) is 0 Å². The lowest BCUT2D eigenvalue weighted by Crippen LogP contribution is -2.23. The molecule has 0 saturated heterocycles. The molecule has 0 spiro atoms. The number of amides is 1. The summed E-state index contributed by atoms with van der Waals surface area (Å²) in [4.78, 5) is 25.0. The van der Waals surface area contributed by atoms with Crippen LogP contribution < -0.4 is 15.6 Å². The fraction of sp³-hybridized carbons (Fsp3) is 0.304. The Hall–Kier alpha value is -3.12. The van der Waals surface area contributed by atoms with Gasteiger partial charge in [0.25, 0.3) is 11.5 Å². The van der Waals surface area contributed by atoms with Crippen molar-refractivity contribution in [1.29, 1.82) is 0 Å². The van der Waals surface area contributed by atoms with Gasteiger partial charge in [-0.2, -0.15) is 0 Å². The summed E-state index contributed by atoms with van der Waals surface area (Å²) in [6.45, 7) is 7.33. The lowest BCUT2D eigenvalue weighted by Gasteiger charge is -2.12. The molecule has 6 nitrogen and oxygen atoms in total. The van der Waals surface area contributed by atoms with Gasteiger partial charge in [0.05, 0.1) is 12.0 Å². The van der Waals surface area contributed by atoms with Gasteiger partial charge in [-0.1, -0.05) is 23.8 Å². The largest absolute Gasteiger partial charge is 0.483 e. The van der Waals surface area contributed by atoms with Crippen molar-refractivity contribution < 1.29 is 14.3 Å². The Balaban J connectivity index is 1.72. The number of hydrogen-bond acceptors (Lipinski definition) is 4. The first kappa shape index (κ1) is 20.6. The summed E-state index contributed by atoms with van der Waals surface area (Å²) in [5.74, 6) is 0.256. The third kappa shape index (κ3) is 5.03. The highest BCUT2D eigenvalue weighted by Gasteiger charge is 2.10. The second-order valence-corrected chi connectivity index (χ2v) is 6.88. The Kier molecular flexibility index (Phi) is 6.67. The third-order valence-corrected chi connectivity index (χ3v) is 4.67. The van der Waals surface area contributed by atoms with Gasteiger partial charge in [0.2, 0.25) is 0 Å². The number of ether oxygens (including phenoxy) is 2. The molecule has 0 fully saturated rings. The second kappa shape index (κ2) is 9.39. The van der Waals surface area contributed by atoms with Crippen LogP contribution in [0.1, 0.15) is 18.1 Å². The van der Waals surface area contributed by atoms with Crippen LogP contribution in [0.2, 0.25) is 0 Å². The summed E-state index contributed by atoms with van der Waals surface area (Å²) in [5, 5.41) is 4.10. The van der Waals surface area contributed by atoms with Crippen LogP contribution in [0.5, 0.6) is 5.75 Å². The van der Waals surface area contributed by atoms with Gasteiger partial charge in [-0.15, -0.1) is 0 Å². The molecular weight excluding hydrogens is 368 g/mol. The van der Waals surface area contributed by atoms with Crippen LogP contribution >= 0.6 is 0 Å². The normalized spacial score (nSPS) is 10.9. The number of carbonyl (C=O) groups excluding carboxylic acids is 1. The molecule has 29 heavy (non-hydrogen) atoms. The average molecular weight is 394 g/mol. The molecule has 0 aliphatic rings. The van der Waals surface area contributed by atoms with Gasteiger partial charge < -0.3 is 19.4 Å². The van der Waals surface area contributed by atoms with Gasteiger partial charge in [-0.05, 0) is 50.6 Å². The van der Waals surface area contributed by atoms with Crippen molar-refractivity contribution in [3.63, 3.8) is 0 Å². The molecule has 1 amide bonds. The summed E-state index contributed by atoms with van der Waals surface area (Å²) in [7, 11) is 0. The number of carbonyl (C=O) groups is 1. The standard InChI is InChI=1S/C23H26N2O4/c1-4-28-13-12-25-11-10-18-19(23(25)27)6-5-7-21(18)29-15-22(26)24-20-9-8-16(2)14-17(20)3/h5-11,14H,4,12-13,15H2,1-3H3,(H,24,26). The Labute approximate surface area is 170 Å². The molecule has 6 heteroatoms. The minimum Gasteiger partial charge on any atom is -0.483 e. The first-order chi connectivity index (χ1) is 14.0. The molecule has 1 aromatic heterocycles. The Morgan fingerprint density at radius 3 is 2.69 bits per heavy atom. The number of nitrogens with zero attached hydrogens (tertiary/aromatic N) is 1. The number of rotatable bonds is 8. The molecule has 152 valence electrons. The fourth-order valence-electron chi connectivity index (χ4n) is 3.18.